The molecule has 4 aliphatic carbocycles. The van der Waals surface area contributed by atoms with Crippen molar-refractivity contribution in [3.8, 4) is 0 Å². The van der Waals surface area contributed by atoms with Gasteiger partial charge in [0.2, 0.25) is 5.91 Å². The zero-order valence-electron chi connectivity index (χ0n) is 22.8. The highest BCUT2D eigenvalue weighted by Crippen LogP contribution is 2.68. The molecule has 1 heterocycles. The molecule has 6 nitrogen and oxygen atoms in total. The fourth-order valence-electron chi connectivity index (χ4n) is 9.99. The van der Waals surface area contributed by atoms with Crippen molar-refractivity contribution in [1.29, 1.82) is 0 Å². The van der Waals surface area contributed by atoms with Gasteiger partial charge in [-0.15, -0.1) is 0 Å². The molecule has 0 radical (unpaired) electrons. The summed E-state index contributed by atoms with van der Waals surface area (Å²) in [5.41, 5.74) is -0.0881. The Hall–Kier alpha value is -0.690. The van der Waals surface area contributed by atoms with Crippen LogP contribution in [-0.4, -0.2) is 59.3 Å². The van der Waals surface area contributed by atoms with Crippen LogP contribution in [0.4, 0.5) is 0 Å². The predicted octanol–water partition coefficient (Wildman–Crippen LogP) is 3.91. The summed E-state index contributed by atoms with van der Waals surface area (Å²) in [4.78, 5) is 12.6. The number of aliphatic hydroxyl groups is 3. The molecule has 1 amide bonds. The molecule has 0 aromatic carbocycles. The van der Waals surface area contributed by atoms with Crippen LogP contribution in [0.2, 0.25) is 0 Å². The van der Waals surface area contributed by atoms with Gasteiger partial charge in [0.1, 0.15) is 0 Å². The molecule has 11 atom stereocenters. The molecule has 0 aromatic rings. The van der Waals surface area contributed by atoms with E-state index in [1.165, 1.54) is 0 Å². The maximum absolute atomic E-state index is 12.6. The predicted molar refractivity (Wildman–Crippen MR) is 139 cm³/mol. The summed E-state index contributed by atoms with van der Waals surface area (Å²) in [5.74, 6) is 2.70. The number of hydrogen-bond donors (Lipinski definition) is 4. The highest BCUT2D eigenvalue weighted by Gasteiger charge is 2.65. The van der Waals surface area contributed by atoms with Gasteiger partial charge in [-0.25, -0.2) is 0 Å². The van der Waals surface area contributed by atoms with Crippen LogP contribution in [0.25, 0.3) is 0 Å². The van der Waals surface area contributed by atoms with Gasteiger partial charge in [0.25, 0.3) is 0 Å². The van der Waals surface area contributed by atoms with Crippen LogP contribution >= 0.6 is 0 Å². The first kappa shape index (κ1) is 26.9. The maximum atomic E-state index is 12.6. The van der Waals surface area contributed by atoms with Crippen molar-refractivity contribution in [2.75, 3.05) is 19.8 Å². The number of ether oxygens (including phenoxy) is 1. The number of aliphatic hydroxyl groups excluding tert-OH is 3. The van der Waals surface area contributed by atoms with Crippen molar-refractivity contribution < 1.29 is 24.9 Å². The first-order valence-corrected chi connectivity index (χ1v) is 15.0. The number of hydrogen-bond acceptors (Lipinski definition) is 5. The first-order chi connectivity index (χ1) is 17.1. The number of nitrogens with one attached hydrogen (secondary N) is 1. The fraction of sp³-hybridized carbons (Fsp3) is 0.967. The molecular weight excluding hydrogens is 454 g/mol. The van der Waals surface area contributed by atoms with Crippen molar-refractivity contribution in [1.82, 2.24) is 5.32 Å². The third-order valence-electron chi connectivity index (χ3n) is 12.3. The molecule has 0 bridgehead atoms. The van der Waals surface area contributed by atoms with E-state index in [-0.39, 0.29) is 41.0 Å². The highest BCUT2D eigenvalue weighted by molar-refractivity contribution is 5.75. The van der Waals surface area contributed by atoms with Gasteiger partial charge in [0, 0.05) is 26.2 Å². The van der Waals surface area contributed by atoms with Gasteiger partial charge in [-0.05, 0) is 116 Å². The normalized spacial score (nSPS) is 47.9. The lowest BCUT2D eigenvalue weighted by Gasteiger charge is -2.63. The summed E-state index contributed by atoms with van der Waals surface area (Å²) in [6.45, 7) is 9.33. The molecule has 4 N–H and O–H groups in total. The van der Waals surface area contributed by atoms with Crippen LogP contribution in [0.3, 0.4) is 0 Å². The highest BCUT2D eigenvalue weighted by atomic mass is 16.5. The number of amides is 1. The minimum atomic E-state index is -0.365. The summed E-state index contributed by atoms with van der Waals surface area (Å²) >= 11 is 0. The summed E-state index contributed by atoms with van der Waals surface area (Å²) in [5, 5.41) is 36.6. The van der Waals surface area contributed by atoms with Gasteiger partial charge in [0.05, 0.1) is 18.3 Å². The van der Waals surface area contributed by atoms with Crippen LogP contribution in [0.1, 0.15) is 91.4 Å². The van der Waals surface area contributed by atoms with Gasteiger partial charge in [-0.2, -0.15) is 0 Å². The SMILES string of the molecule is CC(CCC(=O)NCC1CCOCC1)C1CCC2C3C(O)CC4CC(O)CCC4(C)C3CC(O)C12C. The molecule has 6 heteroatoms. The van der Waals surface area contributed by atoms with Crippen molar-refractivity contribution in [2.24, 2.45) is 52.3 Å². The number of rotatable bonds is 6. The zero-order chi connectivity index (χ0) is 25.7. The van der Waals surface area contributed by atoms with E-state index < -0.39 is 0 Å². The van der Waals surface area contributed by atoms with Crippen molar-refractivity contribution in [3.63, 3.8) is 0 Å². The summed E-state index contributed by atoms with van der Waals surface area (Å²) in [7, 11) is 0. The Morgan fingerprint density at radius 1 is 1.00 bits per heavy atom. The number of fused-ring (bicyclic) bond motifs is 5. The smallest absolute Gasteiger partial charge is 0.220 e. The number of carbonyl (C=O) groups excluding carboxylic acids is 1. The second kappa shape index (κ2) is 10.5. The third kappa shape index (κ3) is 4.67. The topological polar surface area (TPSA) is 99.0 Å². The molecular formula is C30H51NO5. The molecule has 36 heavy (non-hydrogen) atoms. The maximum Gasteiger partial charge on any atom is 0.220 e. The van der Waals surface area contributed by atoms with E-state index in [9.17, 15) is 20.1 Å². The average molecular weight is 506 g/mol. The van der Waals surface area contributed by atoms with Gasteiger partial charge in [-0.3, -0.25) is 4.79 Å². The molecule has 4 saturated carbocycles. The van der Waals surface area contributed by atoms with Crippen LogP contribution in [-0.2, 0) is 9.53 Å². The van der Waals surface area contributed by atoms with Gasteiger partial charge >= 0.3 is 0 Å². The molecule has 0 spiro atoms. The number of carbonyl (C=O) groups is 1. The van der Waals surface area contributed by atoms with Crippen molar-refractivity contribution in [3.05, 3.63) is 0 Å². The Bertz CT molecular complexity index is 785. The lowest BCUT2D eigenvalue weighted by Crippen LogP contribution is -2.62. The van der Waals surface area contributed by atoms with E-state index in [1.54, 1.807) is 0 Å². The van der Waals surface area contributed by atoms with E-state index in [4.69, 9.17) is 4.74 Å². The summed E-state index contributed by atoms with van der Waals surface area (Å²) in [6.07, 6.45) is 8.90. The van der Waals surface area contributed by atoms with Gasteiger partial charge in [0.15, 0.2) is 0 Å². The fourth-order valence-corrected chi connectivity index (χ4v) is 9.99. The molecule has 11 unspecified atom stereocenters. The Morgan fingerprint density at radius 2 is 1.75 bits per heavy atom. The average Bonchev–Trinajstić information content (AvgIpc) is 3.22. The van der Waals surface area contributed by atoms with E-state index in [0.717, 1.165) is 84.0 Å². The minimum absolute atomic E-state index is 0.109. The van der Waals surface area contributed by atoms with Gasteiger partial charge in [-0.1, -0.05) is 20.8 Å². The Morgan fingerprint density at radius 3 is 2.50 bits per heavy atom. The van der Waals surface area contributed by atoms with Gasteiger partial charge < -0.3 is 25.4 Å². The van der Waals surface area contributed by atoms with Crippen LogP contribution in [0.5, 0.6) is 0 Å². The van der Waals surface area contributed by atoms with Crippen molar-refractivity contribution >= 4 is 5.91 Å². The zero-order valence-corrected chi connectivity index (χ0v) is 22.8. The van der Waals surface area contributed by atoms with Crippen LogP contribution < -0.4 is 5.32 Å². The minimum Gasteiger partial charge on any atom is -0.393 e. The summed E-state index contributed by atoms with van der Waals surface area (Å²) in [6, 6.07) is 0. The summed E-state index contributed by atoms with van der Waals surface area (Å²) < 4.78 is 5.42. The second-order valence-electron chi connectivity index (χ2n) is 13.9. The molecule has 0 aromatic heterocycles. The molecule has 1 saturated heterocycles. The Balaban J connectivity index is 1.22. The van der Waals surface area contributed by atoms with Crippen molar-refractivity contribution in [2.45, 2.75) is 110 Å². The standard InChI is InChI=1S/C30H51NO5/c1-18(4-7-27(35)31-17-19-9-12-36-13-10-19)22-5-6-23-28-24(16-26(34)30(22,23)3)29(2)11-8-21(32)14-20(29)15-25(28)33/h18-26,28,32-34H,4-17H2,1-3H3,(H,31,35). The van der Waals surface area contributed by atoms with E-state index in [2.05, 4.69) is 26.1 Å². The monoisotopic (exact) mass is 505 g/mol. The van der Waals surface area contributed by atoms with Crippen LogP contribution in [0.15, 0.2) is 0 Å². The Labute approximate surface area is 218 Å². The first-order valence-electron chi connectivity index (χ1n) is 15.0. The second-order valence-corrected chi connectivity index (χ2v) is 13.9. The molecule has 206 valence electrons. The lowest BCUT2D eigenvalue weighted by atomic mass is 9.43. The van der Waals surface area contributed by atoms with E-state index in [1.807, 2.05) is 0 Å². The molecule has 5 fully saturated rings. The largest absolute Gasteiger partial charge is 0.393 e. The molecule has 5 rings (SSSR count). The quantitative estimate of drug-likeness (QED) is 0.439. The molecule has 1 aliphatic heterocycles. The van der Waals surface area contributed by atoms with Crippen LogP contribution in [0, 0.1) is 52.3 Å². The third-order valence-corrected chi connectivity index (χ3v) is 12.3. The molecule has 5 aliphatic rings. The Kier molecular flexibility index (Phi) is 7.82. The lowest BCUT2D eigenvalue weighted by molar-refractivity contribution is -0.207. The van der Waals surface area contributed by atoms with E-state index >= 15 is 0 Å². The van der Waals surface area contributed by atoms with E-state index in [0.29, 0.717) is 41.9 Å².